The van der Waals surface area contributed by atoms with Crippen LogP contribution in [0.2, 0.25) is 0 Å². The molecule has 1 aliphatic rings. The molecule has 4 rings (SSSR count). The fourth-order valence-electron chi connectivity index (χ4n) is 3.34. The molecule has 3 heterocycles. The van der Waals surface area contributed by atoms with E-state index >= 15 is 0 Å². The largest absolute Gasteiger partial charge is 0.368 e. The minimum atomic E-state index is -0.540. The van der Waals surface area contributed by atoms with Crippen molar-refractivity contribution in [3.05, 3.63) is 66.5 Å². The molecule has 30 heavy (non-hydrogen) atoms. The number of hydrogen-bond donors (Lipinski definition) is 3. The van der Waals surface area contributed by atoms with Crippen LogP contribution >= 0.6 is 0 Å². The Balaban J connectivity index is 1.50. The van der Waals surface area contributed by atoms with Crippen molar-refractivity contribution in [3.8, 4) is 0 Å². The van der Waals surface area contributed by atoms with Gasteiger partial charge >= 0.3 is 0 Å². The van der Waals surface area contributed by atoms with Crippen LogP contribution in [0.4, 0.5) is 28.7 Å². The molecular formula is C22H25N7O. The standard InChI is InChI=1S/C22H25N7O/c1-28-9-11-29(12-10-28)17-7-8-20(24-14-17)27-21-13-19(18(15-25-21)22(23)30)26-16-5-3-2-4-6-16/h2-8,13-15H,9-12H2,1H3,(H2,23,30)(H2,24,25,26,27). The van der Waals surface area contributed by atoms with Gasteiger partial charge in [0.05, 0.1) is 23.1 Å². The Labute approximate surface area is 175 Å². The fraction of sp³-hybridized carbons (Fsp3) is 0.227. The molecule has 1 saturated heterocycles. The minimum Gasteiger partial charge on any atom is -0.368 e. The molecule has 0 spiro atoms. The predicted molar refractivity (Wildman–Crippen MR) is 120 cm³/mol. The lowest BCUT2D eigenvalue weighted by molar-refractivity contribution is 0.100. The number of rotatable bonds is 6. The molecule has 0 unspecified atom stereocenters. The normalized spacial score (nSPS) is 14.4. The Bertz CT molecular complexity index is 1000. The molecule has 2 aromatic heterocycles. The molecule has 154 valence electrons. The molecule has 8 nitrogen and oxygen atoms in total. The third-order valence-electron chi connectivity index (χ3n) is 5.09. The summed E-state index contributed by atoms with van der Waals surface area (Å²) >= 11 is 0. The fourth-order valence-corrected chi connectivity index (χ4v) is 3.34. The summed E-state index contributed by atoms with van der Waals surface area (Å²) in [6.45, 7) is 4.09. The highest BCUT2D eigenvalue weighted by Crippen LogP contribution is 2.25. The summed E-state index contributed by atoms with van der Waals surface area (Å²) in [4.78, 5) is 25.3. The number of likely N-dealkylation sites (N-methyl/N-ethyl adjacent to an activating group) is 1. The van der Waals surface area contributed by atoms with Crippen LogP contribution < -0.4 is 21.3 Å². The monoisotopic (exact) mass is 403 g/mol. The Hall–Kier alpha value is -3.65. The van der Waals surface area contributed by atoms with E-state index in [4.69, 9.17) is 5.73 Å². The summed E-state index contributed by atoms with van der Waals surface area (Å²) in [6.07, 6.45) is 3.34. The number of nitrogens with zero attached hydrogens (tertiary/aromatic N) is 4. The van der Waals surface area contributed by atoms with E-state index in [-0.39, 0.29) is 0 Å². The second-order valence-corrected chi connectivity index (χ2v) is 7.29. The van der Waals surface area contributed by atoms with Gasteiger partial charge in [0.15, 0.2) is 0 Å². The van der Waals surface area contributed by atoms with Crippen LogP contribution in [0.25, 0.3) is 0 Å². The van der Waals surface area contributed by atoms with E-state index in [9.17, 15) is 4.79 Å². The first-order chi connectivity index (χ1) is 14.6. The SMILES string of the molecule is CN1CCN(c2ccc(Nc3cc(Nc4ccccc4)c(C(N)=O)cn3)nc2)CC1. The number of nitrogens with one attached hydrogen (secondary N) is 2. The van der Waals surface area contributed by atoms with Crippen molar-refractivity contribution in [2.45, 2.75) is 0 Å². The van der Waals surface area contributed by atoms with Gasteiger partial charge in [0.2, 0.25) is 0 Å². The number of anilines is 5. The van der Waals surface area contributed by atoms with Crippen LogP contribution in [0, 0.1) is 0 Å². The molecule has 1 aromatic carbocycles. The van der Waals surface area contributed by atoms with Crippen molar-refractivity contribution < 1.29 is 4.79 Å². The highest BCUT2D eigenvalue weighted by atomic mass is 16.1. The molecular weight excluding hydrogens is 378 g/mol. The summed E-state index contributed by atoms with van der Waals surface area (Å²) in [5.41, 5.74) is 8.38. The van der Waals surface area contributed by atoms with Crippen LogP contribution in [0.3, 0.4) is 0 Å². The van der Waals surface area contributed by atoms with Crippen molar-refractivity contribution >= 4 is 34.6 Å². The van der Waals surface area contributed by atoms with Gasteiger partial charge in [-0.1, -0.05) is 18.2 Å². The lowest BCUT2D eigenvalue weighted by Crippen LogP contribution is -2.44. The second kappa shape index (κ2) is 8.79. The van der Waals surface area contributed by atoms with E-state index in [1.54, 1.807) is 6.07 Å². The number of carbonyl (C=O) groups excluding carboxylic acids is 1. The Morgan fingerprint density at radius 1 is 0.933 bits per heavy atom. The van der Waals surface area contributed by atoms with Gasteiger partial charge < -0.3 is 26.2 Å². The van der Waals surface area contributed by atoms with Crippen molar-refractivity contribution in [2.24, 2.45) is 5.73 Å². The number of amides is 1. The molecule has 1 amide bonds. The lowest BCUT2D eigenvalue weighted by atomic mass is 10.2. The van der Waals surface area contributed by atoms with E-state index in [0.717, 1.165) is 37.6 Å². The Morgan fingerprint density at radius 3 is 2.33 bits per heavy atom. The first kappa shape index (κ1) is 19.7. The van der Waals surface area contributed by atoms with Gasteiger partial charge in [0.1, 0.15) is 11.6 Å². The van der Waals surface area contributed by atoms with E-state index in [1.165, 1.54) is 6.20 Å². The maximum atomic E-state index is 11.8. The zero-order valence-electron chi connectivity index (χ0n) is 16.9. The van der Waals surface area contributed by atoms with Crippen LogP contribution in [-0.4, -0.2) is 54.0 Å². The van der Waals surface area contributed by atoms with E-state index in [1.807, 2.05) is 42.6 Å². The number of primary amides is 1. The van der Waals surface area contributed by atoms with Gasteiger partial charge in [-0.2, -0.15) is 0 Å². The zero-order chi connectivity index (χ0) is 20.9. The van der Waals surface area contributed by atoms with Gasteiger partial charge in [-0.05, 0) is 31.3 Å². The maximum Gasteiger partial charge on any atom is 0.252 e. The topological polar surface area (TPSA) is 99.4 Å². The molecule has 0 radical (unpaired) electrons. The van der Waals surface area contributed by atoms with Gasteiger partial charge in [-0.3, -0.25) is 4.79 Å². The van der Waals surface area contributed by atoms with Gasteiger partial charge in [-0.25, -0.2) is 9.97 Å². The molecule has 0 saturated carbocycles. The predicted octanol–water partition coefficient (Wildman–Crippen LogP) is 2.81. The zero-order valence-corrected chi connectivity index (χ0v) is 16.9. The summed E-state index contributed by atoms with van der Waals surface area (Å²) < 4.78 is 0. The van der Waals surface area contributed by atoms with E-state index in [2.05, 4.69) is 43.5 Å². The third-order valence-corrected chi connectivity index (χ3v) is 5.09. The average Bonchev–Trinajstić information content (AvgIpc) is 2.76. The van der Waals surface area contributed by atoms with Gasteiger partial charge in [-0.15, -0.1) is 0 Å². The molecule has 4 N–H and O–H groups in total. The molecule has 1 aliphatic heterocycles. The first-order valence-electron chi connectivity index (χ1n) is 9.87. The number of para-hydroxylation sites is 1. The van der Waals surface area contributed by atoms with Crippen LogP contribution in [0.5, 0.6) is 0 Å². The average molecular weight is 403 g/mol. The third kappa shape index (κ3) is 4.66. The van der Waals surface area contributed by atoms with Crippen molar-refractivity contribution in [1.82, 2.24) is 14.9 Å². The van der Waals surface area contributed by atoms with Crippen LogP contribution in [-0.2, 0) is 0 Å². The molecule has 1 fully saturated rings. The maximum absolute atomic E-state index is 11.8. The number of benzene rings is 1. The molecule has 3 aromatic rings. The number of hydrogen-bond acceptors (Lipinski definition) is 7. The highest BCUT2D eigenvalue weighted by molar-refractivity contribution is 5.99. The van der Waals surface area contributed by atoms with Crippen LogP contribution in [0.15, 0.2) is 60.9 Å². The quantitative estimate of drug-likeness (QED) is 0.582. The number of piperazine rings is 1. The van der Waals surface area contributed by atoms with Gasteiger partial charge in [0, 0.05) is 44.1 Å². The smallest absolute Gasteiger partial charge is 0.252 e. The van der Waals surface area contributed by atoms with E-state index < -0.39 is 5.91 Å². The van der Waals surface area contributed by atoms with Crippen molar-refractivity contribution in [3.63, 3.8) is 0 Å². The van der Waals surface area contributed by atoms with Crippen molar-refractivity contribution in [1.29, 1.82) is 0 Å². The Morgan fingerprint density at radius 2 is 1.67 bits per heavy atom. The highest BCUT2D eigenvalue weighted by Gasteiger charge is 2.15. The lowest BCUT2D eigenvalue weighted by Gasteiger charge is -2.33. The summed E-state index contributed by atoms with van der Waals surface area (Å²) in [5.74, 6) is 0.707. The molecule has 0 aliphatic carbocycles. The molecule has 0 atom stereocenters. The number of pyridine rings is 2. The Kier molecular flexibility index (Phi) is 5.76. The number of carbonyl (C=O) groups is 1. The molecule has 0 bridgehead atoms. The number of nitrogens with two attached hydrogens (primary N) is 1. The minimum absolute atomic E-state index is 0.322. The van der Waals surface area contributed by atoms with Crippen LogP contribution in [0.1, 0.15) is 10.4 Å². The summed E-state index contributed by atoms with van der Waals surface area (Å²) in [5, 5.41) is 6.42. The summed E-state index contributed by atoms with van der Waals surface area (Å²) in [7, 11) is 2.14. The summed E-state index contributed by atoms with van der Waals surface area (Å²) in [6, 6.07) is 15.3. The number of aromatic nitrogens is 2. The second-order valence-electron chi connectivity index (χ2n) is 7.29. The van der Waals surface area contributed by atoms with E-state index in [0.29, 0.717) is 22.9 Å². The molecule has 8 heteroatoms. The first-order valence-corrected chi connectivity index (χ1v) is 9.87. The van der Waals surface area contributed by atoms with Gasteiger partial charge in [0.25, 0.3) is 5.91 Å². The van der Waals surface area contributed by atoms with Crippen molar-refractivity contribution in [2.75, 3.05) is 48.8 Å².